The fraction of sp³-hybridized carbons (Fsp3) is 0.200. The van der Waals surface area contributed by atoms with E-state index in [-0.39, 0.29) is 18.0 Å². The lowest BCUT2D eigenvalue weighted by molar-refractivity contribution is -0.141. The lowest BCUT2D eigenvalue weighted by Gasteiger charge is -2.22. The minimum atomic E-state index is -4.70. The van der Waals surface area contributed by atoms with Gasteiger partial charge in [0.2, 0.25) is 0 Å². The molecule has 0 radical (unpaired) electrons. The molecule has 10 heteroatoms. The standard InChI is InChI=1S/C20H14F3N5O2/c1-30-17-10-26-18(20(21,22)23)6-15(17)27-11-13(7-24)28(19(27)29)16-9-25-8-12-4-2-3-5-14(12)16/h2-6,8-10,13H,11H2,1H3. The molecular weight excluding hydrogens is 399 g/mol. The van der Waals surface area contributed by atoms with Crippen LogP contribution in [-0.4, -0.2) is 35.7 Å². The van der Waals surface area contributed by atoms with Crippen LogP contribution in [0.25, 0.3) is 10.8 Å². The number of nitriles is 1. The molecule has 1 aliphatic rings. The number of pyridine rings is 2. The summed E-state index contributed by atoms with van der Waals surface area (Å²) in [6.07, 6.45) is -0.703. The molecule has 1 fully saturated rings. The third-order valence-corrected chi connectivity index (χ3v) is 4.81. The number of carbonyl (C=O) groups is 1. The van der Waals surface area contributed by atoms with Gasteiger partial charge in [0.25, 0.3) is 0 Å². The maximum atomic E-state index is 13.3. The van der Waals surface area contributed by atoms with Gasteiger partial charge in [0, 0.05) is 17.0 Å². The topological polar surface area (TPSA) is 82.3 Å². The highest BCUT2D eigenvalue weighted by atomic mass is 19.4. The number of aromatic nitrogens is 2. The van der Waals surface area contributed by atoms with Crippen molar-refractivity contribution >= 4 is 28.2 Å². The normalized spacial score (nSPS) is 16.8. The summed E-state index contributed by atoms with van der Waals surface area (Å²) in [4.78, 5) is 23.1. The molecule has 0 bridgehead atoms. The number of alkyl halides is 3. The Kier molecular flexibility index (Phi) is 4.66. The first-order chi connectivity index (χ1) is 14.3. The number of urea groups is 1. The summed E-state index contributed by atoms with van der Waals surface area (Å²) in [5.74, 6) is -0.00839. The Hall–Kier alpha value is -3.87. The first kappa shape index (κ1) is 19.4. The van der Waals surface area contributed by atoms with E-state index in [1.54, 1.807) is 18.3 Å². The van der Waals surface area contributed by atoms with Gasteiger partial charge in [-0.2, -0.15) is 18.4 Å². The third kappa shape index (κ3) is 3.14. The van der Waals surface area contributed by atoms with Crippen LogP contribution in [0.1, 0.15) is 5.69 Å². The van der Waals surface area contributed by atoms with Crippen molar-refractivity contribution < 1.29 is 22.7 Å². The molecule has 4 rings (SSSR count). The van der Waals surface area contributed by atoms with Gasteiger partial charge in [-0.05, 0) is 6.07 Å². The highest BCUT2D eigenvalue weighted by Gasteiger charge is 2.42. The number of hydrogen-bond donors (Lipinski definition) is 0. The van der Waals surface area contributed by atoms with Crippen molar-refractivity contribution in [2.75, 3.05) is 23.5 Å². The minimum absolute atomic E-state index is 0.00839. The second-order valence-electron chi connectivity index (χ2n) is 6.53. The molecule has 1 saturated heterocycles. The average Bonchev–Trinajstić information content (AvgIpc) is 3.08. The summed E-state index contributed by atoms with van der Waals surface area (Å²) < 4.78 is 44.6. The summed E-state index contributed by atoms with van der Waals surface area (Å²) in [6, 6.07) is 8.40. The molecule has 7 nitrogen and oxygen atoms in total. The van der Waals surface area contributed by atoms with Gasteiger partial charge in [-0.15, -0.1) is 0 Å². The number of anilines is 2. The smallest absolute Gasteiger partial charge is 0.433 e. The number of carbonyl (C=O) groups excluding carboxylic acids is 1. The Morgan fingerprint density at radius 1 is 1.20 bits per heavy atom. The summed E-state index contributed by atoms with van der Waals surface area (Å²) in [6.45, 7) is -0.143. The first-order valence-corrected chi connectivity index (χ1v) is 8.79. The van der Waals surface area contributed by atoms with Crippen LogP contribution < -0.4 is 14.5 Å². The summed E-state index contributed by atoms with van der Waals surface area (Å²) in [7, 11) is 1.27. The van der Waals surface area contributed by atoms with Crippen molar-refractivity contribution in [1.29, 1.82) is 5.26 Å². The summed E-state index contributed by atoms with van der Waals surface area (Å²) in [5, 5.41) is 11.1. The number of fused-ring (bicyclic) bond motifs is 1. The van der Waals surface area contributed by atoms with Gasteiger partial charge in [0.1, 0.15) is 11.7 Å². The van der Waals surface area contributed by atoms with Crippen LogP contribution in [-0.2, 0) is 6.18 Å². The predicted molar refractivity (Wildman–Crippen MR) is 102 cm³/mol. The number of nitrogens with zero attached hydrogens (tertiary/aromatic N) is 5. The Bertz CT molecular complexity index is 1170. The highest BCUT2D eigenvalue weighted by molar-refractivity contribution is 6.12. The highest BCUT2D eigenvalue weighted by Crippen LogP contribution is 2.39. The molecule has 1 atom stereocenters. The Morgan fingerprint density at radius 3 is 2.67 bits per heavy atom. The van der Waals surface area contributed by atoms with Gasteiger partial charge < -0.3 is 4.74 Å². The van der Waals surface area contributed by atoms with Gasteiger partial charge >= 0.3 is 12.2 Å². The monoisotopic (exact) mass is 413 g/mol. The van der Waals surface area contributed by atoms with E-state index in [0.29, 0.717) is 11.1 Å². The first-order valence-electron chi connectivity index (χ1n) is 8.79. The third-order valence-electron chi connectivity index (χ3n) is 4.81. The molecule has 2 aromatic heterocycles. The van der Waals surface area contributed by atoms with E-state index in [1.807, 2.05) is 18.2 Å². The molecule has 152 valence electrons. The Balaban J connectivity index is 1.82. The molecule has 3 aromatic rings. The molecular formula is C20H14F3N5O2. The molecule has 30 heavy (non-hydrogen) atoms. The van der Waals surface area contributed by atoms with Crippen molar-refractivity contribution in [2.45, 2.75) is 12.2 Å². The molecule has 3 heterocycles. The van der Waals surface area contributed by atoms with Crippen molar-refractivity contribution in [3.63, 3.8) is 0 Å². The molecule has 1 unspecified atom stereocenters. The van der Waals surface area contributed by atoms with Gasteiger partial charge in [-0.1, -0.05) is 24.3 Å². The molecule has 1 aromatic carbocycles. The van der Waals surface area contributed by atoms with Crippen LogP contribution in [0.3, 0.4) is 0 Å². The number of rotatable bonds is 3. The largest absolute Gasteiger partial charge is 0.493 e. The maximum absolute atomic E-state index is 13.3. The predicted octanol–water partition coefficient (Wildman–Crippen LogP) is 4.00. The second kappa shape index (κ2) is 7.18. The molecule has 0 N–H and O–H groups in total. The van der Waals surface area contributed by atoms with Crippen LogP contribution in [0.4, 0.5) is 29.3 Å². The zero-order chi connectivity index (χ0) is 21.5. The molecule has 0 saturated carbocycles. The van der Waals surface area contributed by atoms with E-state index < -0.39 is 23.9 Å². The van der Waals surface area contributed by atoms with E-state index in [1.165, 1.54) is 18.2 Å². The van der Waals surface area contributed by atoms with E-state index >= 15 is 0 Å². The summed E-state index contributed by atoms with van der Waals surface area (Å²) in [5.41, 5.74) is -0.873. The van der Waals surface area contributed by atoms with Crippen LogP contribution >= 0.6 is 0 Å². The average molecular weight is 413 g/mol. The van der Waals surface area contributed by atoms with Gasteiger partial charge in [-0.3, -0.25) is 14.8 Å². The van der Waals surface area contributed by atoms with Crippen LogP contribution in [0.15, 0.2) is 48.9 Å². The zero-order valence-electron chi connectivity index (χ0n) is 15.6. The van der Waals surface area contributed by atoms with Gasteiger partial charge in [-0.25, -0.2) is 9.78 Å². The number of halogens is 3. The number of hydrogen-bond acceptors (Lipinski definition) is 5. The van der Waals surface area contributed by atoms with Crippen molar-refractivity contribution in [3.05, 3.63) is 54.6 Å². The zero-order valence-corrected chi connectivity index (χ0v) is 15.6. The number of methoxy groups -OCH3 is 1. The molecule has 0 spiro atoms. The SMILES string of the molecule is COc1cnc(C(F)(F)F)cc1N1CC(C#N)N(c2cncc3ccccc23)C1=O. The lowest BCUT2D eigenvalue weighted by Crippen LogP contribution is -2.35. The van der Waals surface area contributed by atoms with Crippen molar-refractivity contribution in [3.8, 4) is 11.8 Å². The van der Waals surface area contributed by atoms with E-state index in [2.05, 4.69) is 9.97 Å². The summed E-state index contributed by atoms with van der Waals surface area (Å²) >= 11 is 0. The van der Waals surface area contributed by atoms with Crippen molar-refractivity contribution in [2.24, 2.45) is 0 Å². The fourth-order valence-corrected chi connectivity index (χ4v) is 3.41. The Labute approximate surface area is 168 Å². The molecule has 0 aliphatic carbocycles. The fourth-order valence-electron chi connectivity index (χ4n) is 3.41. The molecule has 2 amide bonds. The van der Waals surface area contributed by atoms with Crippen LogP contribution in [0.2, 0.25) is 0 Å². The number of benzene rings is 1. The number of amides is 2. The maximum Gasteiger partial charge on any atom is 0.433 e. The van der Waals surface area contributed by atoms with Crippen LogP contribution in [0.5, 0.6) is 5.75 Å². The Morgan fingerprint density at radius 2 is 1.97 bits per heavy atom. The van der Waals surface area contributed by atoms with E-state index in [0.717, 1.165) is 22.5 Å². The molecule has 1 aliphatic heterocycles. The minimum Gasteiger partial charge on any atom is -0.493 e. The van der Waals surface area contributed by atoms with Gasteiger partial charge in [0.15, 0.2) is 5.75 Å². The van der Waals surface area contributed by atoms with Gasteiger partial charge in [0.05, 0.1) is 43.5 Å². The van der Waals surface area contributed by atoms with E-state index in [9.17, 15) is 23.2 Å². The van der Waals surface area contributed by atoms with Crippen molar-refractivity contribution in [1.82, 2.24) is 9.97 Å². The number of ether oxygens (including phenoxy) is 1. The van der Waals surface area contributed by atoms with Crippen LogP contribution in [0, 0.1) is 11.3 Å². The van der Waals surface area contributed by atoms with E-state index in [4.69, 9.17) is 4.74 Å². The lowest BCUT2D eigenvalue weighted by atomic mass is 10.1. The second-order valence-corrected chi connectivity index (χ2v) is 6.53. The quantitative estimate of drug-likeness (QED) is 0.648.